The monoisotopic (exact) mass is 1620 g/mol. The highest BCUT2D eigenvalue weighted by molar-refractivity contribution is 7.80. The number of aliphatic carboxylic acids is 1. The number of carboxylic acids is 1. The summed E-state index contributed by atoms with van der Waals surface area (Å²) >= 11 is 4.21. The van der Waals surface area contributed by atoms with E-state index >= 15 is 24.0 Å². The van der Waals surface area contributed by atoms with Crippen molar-refractivity contribution < 1.29 is 87.2 Å². The molecule has 0 saturated carbocycles. The van der Waals surface area contributed by atoms with Crippen molar-refractivity contribution in [3.8, 4) is 5.75 Å². The van der Waals surface area contributed by atoms with Gasteiger partial charge in [0.1, 0.15) is 66.2 Å². The number of H-pyrrole nitrogens is 1. The number of carboxylic acid groups (broad SMARTS) is 1. The topological polar surface area (TPSA) is 471 Å². The van der Waals surface area contributed by atoms with Gasteiger partial charge in [-0.05, 0) is 78.1 Å². The summed E-state index contributed by atoms with van der Waals surface area (Å²) in [4.78, 5) is 219. The number of thiol groups is 1. The molecular formula is C82H105N15O18S. The number of likely N-dealkylation sites (tertiary alicyclic amines) is 1. The van der Waals surface area contributed by atoms with Gasteiger partial charge in [0.05, 0.1) is 25.7 Å². The minimum absolute atomic E-state index is 0.0566. The number of nitrogens with one attached hydrogen (secondary N) is 9. The molecule has 2 heterocycles. The number of carbonyl (C=O) groups is 15. The number of likely N-dealkylation sites (N-methyl/N-ethyl adjacent to an activating group) is 4. The van der Waals surface area contributed by atoms with Crippen LogP contribution in [0.2, 0.25) is 0 Å². The number of rotatable bonds is 42. The largest absolute Gasteiger partial charge is 0.508 e. The number of phenolic OH excluding ortho intramolecular Hbond substituents is 1. The molecule has 14 N–H and O–H groups in total. The molecule has 11 atom stereocenters. The van der Waals surface area contributed by atoms with E-state index < -0.39 is 194 Å². The van der Waals surface area contributed by atoms with Gasteiger partial charge in [-0.15, -0.1) is 0 Å². The van der Waals surface area contributed by atoms with E-state index in [9.17, 15) is 63.3 Å². The molecule has 34 heteroatoms. The zero-order valence-corrected chi connectivity index (χ0v) is 67.0. The van der Waals surface area contributed by atoms with Crippen LogP contribution in [0.15, 0.2) is 146 Å². The van der Waals surface area contributed by atoms with E-state index in [2.05, 4.69) is 60.1 Å². The molecule has 0 unspecified atom stereocenters. The maximum atomic E-state index is 15.3. The highest BCUT2D eigenvalue weighted by atomic mass is 32.1. The Morgan fingerprint density at radius 3 is 1.59 bits per heavy atom. The third kappa shape index (κ3) is 26.4. The Hall–Kier alpha value is -12.2. The first-order valence-electron chi connectivity index (χ1n) is 38.1. The van der Waals surface area contributed by atoms with Crippen LogP contribution in [0.3, 0.4) is 0 Å². The van der Waals surface area contributed by atoms with Gasteiger partial charge in [-0.3, -0.25) is 71.9 Å². The minimum atomic E-state index is -1.79. The molecule has 7 rings (SSSR count). The van der Waals surface area contributed by atoms with Crippen molar-refractivity contribution in [2.24, 2.45) is 11.7 Å². The third-order valence-electron chi connectivity index (χ3n) is 19.9. The van der Waals surface area contributed by atoms with Crippen molar-refractivity contribution in [3.05, 3.63) is 174 Å². The van der Waals surface area contributed by atoms with Gasteiger partial charge >= 0.3 is 5.97 Å². The fourth-order valence-electron chi connectivity index (χ4n) is 13.4. The van der Waals surface area contributed by atoms with E-state index in [1.807, 2.05) is 0 Å². The van der Waals surface area contributed by atoms with Crippen LogP contribution in [-0.2, 0) is 104 Å². The molecular weight excluding hydrogens is 1520 g/mol. The van der Waals surface area contributed by atoms with Crippen LogP contribution in [0.1, 0.15) is 87.6 Å². The van der Waals surface area contributed by atoms with Crippen LogP contribution in [0, 0.1) is 5.92 Å². The number of hydrogen-bond donors (Lipinski definition) is 14. The minimum Gasteiger partial charge on any atom is -0.508 e. The van der Waals surface area contributed by atoms with Crippen LogP contribution >= 0.6 is 12.6 Å². The first-order chi connectivity index (χ1) is 55.2. The Morgan fingerprint density at radius 2 is 1.03 bits per heavy atom. The van der Waals surface area contributed by atoms with Gasteiger partial charge in [0.25, 0.3) is 0 Å². The molecule has 1 fully saturated rings. The van der Waals surface area contributed by atoms with Gasteiger partial charge in [0.2, 0.25) is 82.7 Å². The summed E-state index contributed by atoms with van der Waals surface area (Å²) in [6.45, 7) is 4.11. The molecule has 116 heavy (non-hydrogen) atoms. The smallest absolute Gasteiger partial charge is 0.303 e. The number of aromatic hydroxyl groups is 1. The number of nitrogens with zero attached hydrogens (tertiary/aromatic N) is 5. The molecule has 6 aromatic rings. The first-order valence-corrected chi connectivity index (χ1v) is 38.8. The van der Waals surface area contributed by atoms with Crippen molar-refractivity contribution in [1.82, 2.24) is 72.0 Å². The number of para-hydroxylation sites is 1. The van der Waals surface area contributed by atoms with Crippen molar-refractivity contribution in [3.63, 3.8) is 0 Å². The van der Waals surface area contributed by atoms with Gasteiger partial charge in [-0.2, -0.15) is 12.6 Å². The maximum absolute atomic E-state index is 15.3. The molecule has 14 amide bonds. The summed E-state index contributed by atoms with van der Waals surface area (Å²) in [5.41, 5.74) is 8.66. The molecule has 1 saturated heterocycles. The van der Waals surface area contributed by atoms with E-state index in [1.54, 1.807) is 142 Å². The summed E-state index contributed by atoms with van der Waals surface area (Å²) < 4.78 is 0. The van der Waals surface area contributed by atoms with Crippen LogP contribution in [0.5, 0.6) is 5.75 Å². The van der Waals surface area contributed by atoms with Crippen molar-refractivity contribution >= 4 is 112 Å². The average molecular weight is 1620 g/mol. The summed E-state index contributed by atoms with van der Waals surface area (Å²) in [6, 6.07) is 24.7. The highest BCUT2D eigenvalue weighted by Crippen LogP contribution is 2.25. The number of aliphatic hydroxyl groups excluding tert-OH is 1. The van der Waals surface area contributed by atoms with Gasteiger partial charge in [-0.25, -0.2) is 0 Å². The van der Waals surface area contributed by atoms with E-state index in [0.29, 0.717) is 45.1 Å². The lowest BCUT2D eigenvalue weighted by atomic mass is 10.00. The molecule has 1 aromatic heterocycles. The second-order valence-electron chi connectivity index (χ2n) is 29.1. The average Bonchev–Trinajstić information content (AvgIpc) is 1.51. The molecule has 0 radical (unpaired) electrons. The summed E-state index contributed by atoms with van der Waals surface area (Å²) in [6.07, 6.45) is -1.27. The number of carbonyl (C=O) groups excluding carboxylic acids is 14. The lowest BCUT2D eigenvalue weighted by Gasteiger charge is -2.36. The molecule has 0 bridgehead atoms. The predicted octanol–water partition coefficient (Wildman–Crippen LogP) is 0.185. The Bertz CT molecular complexity index is 4440. The quantitative estimate of drug-likeness (QED) is 0.0227. The number of aromatic amines is 1. The second kappa shape index (κ2) is 43.9. The van der Waals surface area contributed by atoms with Gasteiger partial charge in [-0.1, -0.05) is 142 Å². The van der Waals surface area contributed by atoms with Crippen molar-refractivity contribution in [1.29, 1.82) is 0 Å². The number of nitrogens with two attached hydrogens (primary N) is 1. The standard InChI is InChI=1S/C82H105N15O18S/c1-9-67(101)86-59(38-50-22-13-10-14-23-50)74(107)91-71(48(2)3)77(110)89-58(35-36-70(104)105)78(111)93(5)45-69(103)88-61(39-53-31-33-55(99)34-32-53)79(112)95(7)64(40-51-24-15-11-16-25-51)80(113)94(6)46-68(102)87-60(42-54-43-84-57-29-20-19-28-56(54)57)75(108)92-72(49(4)98)82(115)96(8)65(41-52-26-17-12-18-27-52)81(114)97-37-21-30-63(97)76(109)90-62(47-116)73(106)85-44-66(83)100/h10-20,22-29,31-34,43,48-49,58-65,71-72,84,98-99,116H,9,21,30,35-42,44-47H2,1-8H3,(H2,83,100)(H,85,106)(H,86,101)(H,87,102)(H,88,103)(H,89,110)(H,90,109)(H,91,107)(H,92,108)(H,104,105)/t49-,58+,59+,60+,61+,62+,63+,64+,65+,71+,72+/m1/s1. The maximum Gasteiger partial charge on any atom is 0.303 e. The van der Waals surface area contributed by atoms with Crippen LogP contribution in [-0.4, -0.2) is 260 Å². The number of phenols is 1. The van der Waals surface area contributed by atoms with Gasteiger partial charge in [0, 0.05) is 103 Å². The predicted molar refractivity (Wildman–Crippen MR) is 431 cm³/mol. The zero-order valence-electron chi connectivity index (χ0n) is 66.1. The highest BCUT2D eigenvalue weighted by Gasteiger charge is 2.44. The molecule has 622 valence electrons. The van der Waals surface area contributed by atoms with Crippen LogP contribution < -0.4 is 48.3 Å². The SMILES string of the molecule is CCC(=O)N[C@@H](Cc1ccccc1)C(=O)N[C@H](C(=O)N[C@@H](CCC(=O)O)C(=O)N(C)CC(=O)N[C@@H](Cc1ccc(O)cc1)C(=O)N(C)[C@@H](Cc1ccccc1)C(=O)N(C)CC(=O)N[C@@H](Cc1c[nH]c2ccccc12)C(=O)N[C@H](C(=O)N(C)[C@@H](Cc1ccccc1)C(=O)N1CCC[C@H]1C(=O)N[C@@H](CS)C(=O)NCC(N)=O)[C@@H](C)O)C(C)C. The molecule has 0 spiro atoms. The van der Waals surface area contributed by atoms with E-state index in [4.69, 9.17) is 5.73 Å². The zero-order chi connectivity index (χ0) is 85.0. The Kier molecular flexibility index (Phi) is 34.4. The lowest BCUT2D eigenvalue weighted by molar-refractivity contribution is -0.150. The molecule has 1 aliphatic rings. The fourth-order valence-corrected chi connectivity index (χ4v) is 13.7. The fraction of sp³-hybridized carbons (Fsp3) is 0.427. The second-order valence-corrected chi connectivity index (χ2v) is 29.5. The number of fused-ring (bicyclic) bond motifs is 1. The Balaban J connectivity index is 1.11. The summed E-state index contributed by atoms with van der Waals surface area (Å²) in [5, 5.41) is 53.0. The normalized spacial score (nSPS) is 15.0. The van der Waals surface area contributed by atoms with Crippen molar-refractivity contribution in [2.75, 3.05) is 60.1 Å². The molecule has 1 aliphatic heterocycles. The number of hydrogen-bond acceptors (Lipinski definition) is 18. The molecule has 0 aliphatic carbocycles. The number of primary amides is 1. The lowest BCUT2D eigenvalue weighted by Crippen LogP contribution is -2.62. The summed E-state index contributed by atoms with van der Waals surface area (Å²) in [5.74, 6) is -13.6. The van der Waals surface area contributed by atoms with Crippen LogP contribution in [0.25, 0.3) is 10.9 Å². The van der Waals surface area contributed by atoms with E-state index in [1.165, 1.54) is 64.3 Å². The number of amides is 14. The van der Waals surface area contributed by atoms with Crippen LogP contribution in [0.4, 0.5) is 0 Å². The number of benzene rings is 5. The van der Waals surface area contributed by atoms with Gasteiger partial charge in [0.15, 0.2) is 0 Å². The number of aliphatic hydroxyl groups is 1. The first kappa shape index (κ1) is 91.0. The van der Waals surface area contributed by atoms with Crippen molar-refractivity contribution in [2.45, 2.75) is 158 Å². The summed E-state index contributed by atoms with van der Waals surface area (Å²) in [7, 11) is 5.10. The van der Waals surface area contributed by atoms with E-state index in [0.717, 1.165) is 19.6 Å². The molecule has 33 nitrogen and oxygen atoms in total. The third-order valence-corrected chi connectivity index (χ3v) is 20.3. The Morgan fingerprint density at radius 1 is 0.534 bits per heavy atom. The molecule has 5 aromatic carbocycles. The number of aromatic nitrogens is 1. The Labute approximate surface area is 677 Å². The van der Waals surface area contributed by atoms with Gasteiger partial charge < -0.3 is 93.1 Å². The van der Waals surface area contributed by atoms with E-state index in [-0.39, 0.29) is 63.0 Å².